The molecule has 0 radical (unpaired) electrons. The summed E-state index contributed by atoms with van der Waals surface area (Å²) in [5.74, 6) is 1.74. The van der Waals surface area contributed by atoms with Gasteiger partial charge in [-0.2, -0.15) is 0 Å². The lowest BCUT2D eigenvalue weighted by molar-refractivity contribution is -0.588. The van der Waals surface area contributed by atoms with Crippen LogP contribution in [0.4, 0.5) is 0 Å². The van der Waals surface area contributed by atoms with Gasteiger partial charge in [0.2, 0.25) is 5.88 Å². The third kappa shape index (κ3) is 4.28. The zero-order valence-electron chi connectivity index (χ0n) is 19.3. The Bertz CT molecular complexity index is 1110. The van der Waals surface area contributed by atoms with Crippen LogP contribution in [-0.2, 0) is 6.54 Å². The maximum absolute atomic E-state index is 5.78. The summed E-state index contributed by atoms with van der Waals surface area (Å²) >= 11 is 0. The normalized spacial score (nSPS) is 18.9. The number of nitrogens with zero attached hydrogens (tertiary/aromatic N) is 4. The van der Waals surface area contributed by atoms with Crippen LogP contribution in [0.1, 0.15) is 31.9 Å². The van der Waals surface area contributed by atoms with E-state index >= 15 is 0 Å². The van der Waals surface area contributed by atoms with Crippen LogP contribution in [0.3, 0.4) is 0 Å². The fourth-order valence-electron chi connectivity index (χ4n) is 3.92. The Kier molecular flexibility index (Phi) is 6.35. The number of aromatic nitrogens is 1. The first kappa shape index (κ1) is 21.7. The number of ether oxygens (including phenoxy) is 2. The van der Waals surface area contributed by atoms with Crippen molar-refractivity contribution in [1.82, 2.24) is 10.3 Å². The monoisotopic (exact) mass is 432 g/mol. The Morgan fingerprint density at radius 1 is 1.19 bits per heavy atom. The van der Waals surface area contributed by atoms with Gasteiger partial charge >= 0.3 is 0 Å². The van der Waals surface area contributed by atoms with Crippen molar-refractivity contribution in [2.45, 2.75) is 33.5 Å². The molecule has 2 aromatic rings. The van der Waals surface area contributed by atoms with Crippen molar-refractivity contribution in [2.24, 2.45) is 16.0 Å². The van der Waals surface area contributed by atoms with Crippen LogP contribution >= 0.6 is 0 Å². The molecule has 1 aromatic heterocycles. The average Bonchev–Trinajstić information content (AvgIpc) is 3.15. The van der Waals surface area contributed by atoms with Gasteiger partial charge in [-0.15, -0.1) is 0 Å². The lowest BCUT2D eigenvalue weighted by atomic mass is 9.94. The van der Waals surface area contributed by atoms with Crippen molar-refractivity contribution in [3.05, 3.63) is 71.1 Å². The number of benzene rings is 1. The molecule has 166 valence electrons. The van der Waals surface area contributed by atoms with Crippen LogP contribution in [0.5, 0.6) is 11.6 Å². The van der Waals surface area contributed by atoms with E-state index < -0.39 is 0 Å². The van der Waals surface area contributed by atoms with Crippen LogP contribution in [0.25, 0.3) is 5.70 Å². The molecule has 0 bridgehead atoms. The first-order valence-electron chi connectivity index (χ1n) is 10.9. The minimum absolute atomic E-state index is 0.0864. The Labute approximate surface area is 189 Å². The number of aliphatic imine (C=N–C) groups is 1. The van der Waals surface area contributed by atoms with Crippen molar-refractivity contribution in [3.63, 3.8) is 0 Å². The minimum Gasteiger partial charge on any atom is -0.497 e. The van der Waals surface area contributed by atoms with E-state index in [9.17, 15) is 0 Å². The van der Waals surface area contributed by atoms with Crippen molar-refractivity contribution >= 4 is 11.4 Å². The second-order valence-corrected chi connectivity index (χ2v) is 8.07. The van der Waals surface area contributed by atoms with E-state index in [2.05, 4.69) is 30.2 Å². The number of methoxy groups -OCH3 is 1. The summed E-state index contributed by atoms with van der Waals surface area (Å²) in [6, 6.07) is 11.9. The summed E-state index contributed by atoms with van der Waals surface area (Å²) in [5, 5.41) is 8.45. The molecule has 0 spiro atoms. The van der Waals surface area contributed by atoms with E-state index in [1.54, 1.807) is 13.3 Å². The highest BCUT2D eigenvalue weighted by molar-refractivity contribution is 6.14. The molecule has 4 rings (SSSR count). The highest BCUT2D eigenvalue weighted by Crippen LogP contribution is 2.34. The van der Waals surface area contributed by atoms with Gasteiger partial charge < -0.3 is 14.8 Å². The summed E-state index contributed by atoms with van der Waals surface area (Å²) in [7, 11) is 3.66. The highest BCUT2D eigenvalue weighted by Gasteiger charge is 2.41. The van der Waals surface area contributed by atoms with Crippen molar-refractivity contribution in [3.8, 4) is 11.6 Å². The smallest absolute Gasteiger partial charge is 0.281 e. The molecule has 1 aromatic carbocycles. The lowest BCUT2D eigenvalue weighted by Gasteiger charge is -2.23. The number of azo groups is 2. The number of hydrogen-bond acceptors (Lipinski definition) is 6. The van der Waals surface area contributed by atoms with Crippen LogP contribution in [-0.4, -0.2) is 42.3 Å². The molecule has 7 nitrogen and oxygen atoms in total. The van der Waals surface area contributed by atoms with E-state index in [1.165, 1.54) is 0 Å². The molecule has 1 N–H and O–H groups in total. The Balaban J connectivity index is 1.77. The predicted molar refractivity (Wildman–Crippen MR) is 125 cm³/mol. The Morgan fingerprint density at radius 3 is 2.66 bits per heavy atom. The number of rotatable bonds is 7. The lowest BCUT2D eigenvalue weighted by Crippen LogP contribution is -2.41. The zero-order chi connectivity index (χ0) is 22.7. The molecule has 3 heterocycles. The van der Waals surface area contributed by atoms with Crippen LogP contribution in [0.2, 0.25) is 0 Å². The van der Waals surface area contributed by atoms with Crippen molar-refractivity contribution in [1.29, 1.82) is 0 Å². The number of nitrogens with one attached hydrogen (secondary N) is 1. The van der Waals surface area contributed by atoms with Crippen molar-refractivity contribution < 1.29 is 14.2 Å². The number of allylic oxidation sites excluding steroid dienone is 2. The quantitative estimate of drug-likeness (QED) is 0.658. The molecule has 7 heteroatoms. The Morgan fingerprint density at radius 2 is 1.97 bits per heavy atom. The maximum atomic E-state index is 5.78. The largest absolute Gasteiger partial charge is 0.497 e. The second-order valence-electron chi connectivity index (χ2n) is 8.07. The first-order valence-corrected chi connectivity index (χ1v) is 10.9. The van der Waals surface area contributed by atoms with Gasteiger partial charge in [-0.1, -0.05) is 30.7 Å². The topological polar surface area (TPSA) is 71.1 Å². The molecule has 1 atom stereocenters. The summed E-state index contributed by atoms with van der Waals surface area (Å²) in [6.45, 7) is 7.41. The van der Waals surface area contributed by atoms with Gasteiger partial charge in [-0.25, -0.2) is 4.98 Å². The van der Waals surface area contributed by atoms with Gasteiger partial charge in [0.25, 0.3) is 6.17 Å². The number of hydrogen-bond donors (Lipinski definition) is 1. The summed E-state index contributed by atoms with van der Waals surface area (Å²) in [6.07, 6.45) is 3.75. The third-order valence-corrected chi connectivity index (χ3v) is 5.52. The van der Waals surface area contributed by atoms with Crippen LogP contribution < -0.4 is 14.8 Å². The van der Waals surface area contributed by atoms with E-state index in [-0.39, 0.29) is 12.1 Å². The van der Waals surface area contributed by atoms with Gasteiger partial charge in [0.1, 0.15) is 11.4 Å². The predicted octanol–water partition coefficient (Wildman–Crippen LogP) is 4.42. The molecule has 0 saturated carbocycles. The van der Waals surface area contributed by atoms with Gasteiger partial charge in [0.05, 0.1) is 42.8 Å². The fraction of sp³-hybridized carbons (Fsp3) is 0.360. The molecule has 1 unspecified atom stereocenters. The van der Waals surface area contributed by atoms with E-state index in [0.717, 1.165) is 39.6 Å². The average molecular weight is 433 g/mol. The number of pyridine rings is 1. The molecule has 0 aliphatic carbocycles. The first-order chi connectivity index (χ1) is 15.5. The van der Waals surface area contributed by atoms with Crippen molar-refractivity contribution in [2.75, 3.05) is 20.8 Å². The van der Waals surface area contributed by atoms with E-state index in [1.807, 2.05) is 55.1 Å². The van der Waals surface area contributed by atoms with Gasteiger partial charge in [-0.05, 0) is 47.9 Å². The number of likely N-dealkylation sites (N-methyl/N-ethyl adjacent to an activating group) is 1. The molecule has 2 aliphatic heterocycles. The summed E-state index contributed by atoms with van der Waals surface area (Å²) in [4.78, 5) is 9.45. The van der Waals surface area contributed by atoms with Gasteiger partial charge in [0, 0.05) is 12.1 Å². The van der Waals surface area contributed by atoms with Gasteiger partial charge in [-0.3, -0.25) is 4.99 Å². The number of fused-ring (bicyclic) bond motifs is 1. The molecular weight excluding hydrogens is 402 g/mol. The highest BCUT2D eigenvalue weighted by atomic mass is 16.5. The third-order valence-electron chi connectivity index (χ3n) is 5.52. The van der Waals surface area contributed by atoms with Crippen LogP contribution in [0, 0.1) is 5.92 Å². The SMILES string of the molecule is CCOc1ncccc1C1=CC(=NCc2ccc(OC)cc2)C2=C(C(C)C)N=[N+](C)C2N1. The maximum Gasteiger partial charge on any atom is 0.281 e. The molecule has 0 fully saturated rings. The Hall–Kier alpha value is -3.48. The molecule has 2 aliphatic rings. The minimum atomic E-state index is -0.0864. The molecule has 0 saturated heterocycles. The van der Waals surface area contributed by atoms with Gasteiger partial charge in [0.15, 0.2) is 7.05 Å². The molecule has 0 amide bonds. The standard InChI is InChI=1S/C25H30N5O2/c1-6-32-25-19(8-7-13-26-25)20-14-21(27-15-17-9-11-18(31-5)12-10-17)22-23(16(2)3)29-30(4)24(22)28-20/h7-14,16,24,28H,6,15H2,1-5H3/q+1. The zero-order valence-corrected chi connectivity index (χ0v) is 19.3. The van der Waals surface area contributed by atoms with E-state index in [0.29, 0.717) is 19.0 Å². The van der Waals surface area contributed by atoms with Crippen LogP contribution in [0.15, 0.2) is 70.0 Å². The van der Waals surface area contributed by atoms with E-state index in [4.69, 9.17) is 19.6 Å². The molecular formula is C25H30N5O2+. The second kappa shape index (κ2) is 9.34. The summed E-state index contributed by atoms with van der Waals surface area (Å²) < 4.78 is 13.0. The summed E-state index contributed by atoms with van der Waals surface area (Å²) in [5.41, 5.74) is 6.08. The molecule has 32 heavy (non-hydrogen) atoms. The fourth-order valence-corrected chi connectivity index (χ4v) is 3.92.